The predicted octanol–water partition coefficient (Wildman–Crippen LogP) is 4.61. The van der Waals surface area contributed by atoms with E-state index in [4.69, 9.17) is 17.7 Å². The van der Waals surface area contributed by atoms with E-state index in [0.29, 0.717) is 26.4 Å². The molecule has 0 aromatic heterocycles. The second-order valence-corrected chi connectivity index (χ2v) is 13.5. The van der Waals surface area contributed by atoms with E-state index in [1.807, 2.05) is 12.1 Å². The Morgan fingerprint density at radius 3 is 1.07 bits per heavy atom. The normalized spacial score (nSPS) is 12.3. The van der Waals surface area contributed by atoms with E-state index in [-0.39, 0.29) is 0 Å². The zero-order valence-corrected chi connectivity index (χ0v) is 21.1. The fourth-order valence-corrected chi connectivity index (χ4v) is 10.7. The number of benzene rings is 2. The van der Waals surface area contributed by atoms with Gasteiger partial charge in [0.15, 0.2) is 0 Å². The molecular weight excluding hydrogens is 408 g/mol. The third-order valence-electron chi connectivity index (χ3n) is 5.20. The van der Waals surface area contributed by atoms with E-state index in [1.165, 1.54) is 10.4 Å². The summed E-state index contributed by atoms with van der Waals surface area (Å²) in [6.07, 6.45) is 2.06. The summed E-state index contributed by atoms with van der Waals surface area (Å²) < 4.78 is 25.3. The second-order valence-electron chi connectivity index (χ2n) is 7.18. The molecule has 0 unspecified atom stereocenters. The topological polar surface area (TPSA) is 36.9 Å². The Morgan fingerprint density at radius 2 is 0.800 bits per heavy atom. The van der Waals surface area contributed by atoms with Crippen LogP contribution in [0.2, 0.25) is 12.1 Å². The molecule has 2 rings (SSSR count). The van der Waals surface area contributed by atoms with Crippen molar-refractivity contribution in [1.29, 1.82) is 0 Å². The zero-order chi connectivity index (χ0) is 21.7. The highest BCUT2D eigenvalue weighted by Crippen LogP contribution is 2.23. The van der Waals surface area contributed by atoms with Crippen molar-refractivity contribution in [3.8, 4) is 0 Å². The van der Waals surface area contributed by atoms with Crippen LogP contribution in [0.5, 0.6) is 0 Å². The van der Waals surface area contributed by atoms with E-state index < -0.39 is 17.1 Å². The Labute approximate surface area is 185 Å². The summed E-state index contributed by atoms with van der Waals surface area (Å²) in [6.45, 7) is 10.9. The van der Waals surface area contributed by atoms with Gasteiger partial charge in [0.25, 0.3) is 0 Å². The first-order valence-electron chi connectivity index (χ1n) is 11.3. The first-order valence-corrected chi connectivity index (χ1v) is 15.4. The summed E-state index contributed by atoms with van der Waals surface area (Å²) in [5, 5.41) is 2.43. The van der Waals surface area contributed by atoms with Crippen LogP contribution in [0.25, 0.3) is 0 Å². The van der Waals surface area contributed by atoms with Crippen molar-refractivity contribution in [3.63, 3.8) is 0 Å². The van der Waals surface area contributed by atoms with Crippen LogP contribution in [0.1, 0.15) is 40.5 Å². The van der Waals surface area contributed by atoms with E-state index in [1.54, 1.807) is 0 Å². The molecule has 0 aliphatic carbocycles. The van der Waals surface area contributed by atoms with Gasteiger partial charge in [-0.1, -0.05) is 73.5 Å². The minimum absolute atomic E-state index is 0.668. The Balaban J connectivity index is 2.14. The molecule has 4 nitrogen and oxygen atoms in total. The molecule has 30 heavy (non-hydrogen) atoms. The summed E-state index contributed by atoms with van der Waals surface area (Å²) in [7, 11) is -4.90. The Kier molecular flexibility index (Phi) is 11.0. The van der Waals surface area contributed by atoms with Gasteiger partial charge in [-0.05, 0) is 50.2 Å². The van der Waals surface area contributed by atoms with Crippen LogP contribution in [0.4, 0.5) is 0 Å². The Bertz CT molecular complexity index is 623. The summed E-state index contributed by atoms with van der Waals surface area (Å²) in [4.78, 5) is 0. The molecule has 0 atom stereocenters. The number of hydrogen-bond donors (Lipinski definition) is 0. The van der Waals surface area contributed by atoms with Crippen molar-refractivity contribution in [2.24, 2.45) is 0 Å². The highest BCUT2D eigenvalue weighted by Gasteiger charge is 2.41. The van der Waals surface area contributed by atoms with Gasteiger partial charge in [-0.15, -0.1) is 0 Å². The average molecular weight is 447 g/mol. The summed E-state index contributed by atoms with van der Waals surface area (Å²) >= 11 is 0. The molecule has 0 spiro atoms. The molecule has 0 radical (unpaired) electrons. The fraction of sp³-hybridized carbons (Fsp3) is 0.500. The lowest BCUT2D eigenvalue weighted by molar-refractivity contribution is 0.190. The van der Waals surface area contributed by atoms with Crippen LogP contribution in [-0.2, 0) is 17.7 Å². The van der Waals surface area contributed by atoms with Crippen molar-refractivity contribution < 1.29 is 17.7 Å². The monoisotopic (exact) mass is 446 g/mol. The van der Waals surface area contributed by atoms with Gasteiger partial charge in [0, 0.05) is 26.4 Å². The van der Waals surface area contributed by atoms with Crippen molar-refractivity contribution >= 4 is 27.5 Å². The maximum Gasteiger partial charge on any atom is 0.372 e. The van der Waals surface area contributed by atoms with Crippen LogP contribution >= 0.6 is 0 Å². The van der Waals surface area contributed by atoms with Crippen LogP contribution in [-0.4, -0.2) is 43.5 Å². The zero-order valence-electron chi connectivity index (χ0n) is 19.1. The fourth-order valence-electron chi connectivity index (χ4n) is 4.03. The average Bonchev–Trinajstić information content (AvgIpc) is 2.78. The van der Waals surface area contributed by atoms with Crippen molar-refractivity contribution in [1.82, 2.24) is 0 Å². The molecule has 2 aromatic rings. The van der Waals surface area contributed by atoms with Crippen LogP contribution in [0.3, 0.4) is 0 Å². The molecule has 0 amide bonds. The lowest BCUT2D eigenvalue weighted by Crippen LogP contribution is -2.55. The third kappa shape index (κ3) is 6.60. The molecule has 2 aromatic carbocycles. The van der Waals surface area contributed by atoms with E-state index in [2.05, 4.69) is 76.2 Å². The molecular formula is C24H38O4Si2. The lowest BCUT2D eigenvalue weighted by Gasteiger charge is -2.32. The van der Waals surface area contributed by atoms with Crippen molar-refractivity contribution in [3.05, 3.63) is 60.7 Å². The molecule has 0 N–H and O–H groups in total. The number of rotatable bonds is 15. The third-order valence-corrected chi connectivity index (χ3v) is 12.7. The minimum atomic E-state index is -2.45. The maximum atomic E-state index is 6.33. The molecule has 166 valence electrons. The van der Waals surface area contributed by atoms with Gasteiger partial charge in [0.05, 0.1) is 0 Å². The Morgan fingerprint density at radius 1 is 0.500 bits per heavy atom. The Hall–Kier alpha value is -1.29. The van der Waals surface area contributed by atoms with Crippen LogP contribution in [0.15, 0.2) is 60.7 Å². The molecule has 0 saturated heterocycles. The van der Waals surface area contributed by atoms with Gasteiger partial charge in [-0.2, -0.15) is 0 Å². The number of unbranched alkanes of at least 4 members (excludes halogenated alkanes) is 1. The van der Waals surface area contributed by atoms with E-state index >= 15 is 0 Å². The highest BCUT2D eigenvalue weighted by atomic mass is 28.4. The summed E-state index contributed by atoms with van der Waals surface area (Å²) in [6, 6.07) is 22.9. The van der Waals surface area contributed by atoms with Crippen molar-refractivity contribution in [2.75, 3.05) is 26.4 Å². The van der Waals surface area contributed by atoms with E-state index in [0.717, 1.165) is 24.9 Å². The first kappa shape index (κ1) is 25.0. The van der Waals surface area contributed by atoms with E-state index in [9.17, 15) is 0 Å². The molecule has 0 aliphatic heterocycles. The summed E-state index contributed by atoms with van der Waals surface area (Å²) in [5.74, 6) is 0. The first-order chi connectivity index (χ1) is 14.7. The second kappa shape index (κ2) is 13.2. The molecule has 0 aliphatic rings. The number of hydrogen-bond acceptors (Lipinski definition) is 4. The SMILES string of the molecule is CCO[Si](CCCC[Si](OCC)(OCC)c1ccccc1)(OCC)c1ccccc1. The molecule has 0 bridgehead atoms. The van der Waals surface area contributed by atoms with Gasteiger partial charge >= 0.3 is 17.1 Å². The van der Waals surface area contributed by atoms with Crippen molar-refractivity contribution in [2.45, 2.75) is 52.6 Å². The molecule has 0 saturated carbocycles. The molecule has 0 heterocycles. The quantitative estimate of drug-likeness (QED) is 0.296. The smallest absolute Gasteiger partial charge is 0.372 e. The summed E-state index contributed by atoms with van der Waals surface area (Å²) in [5.41, 5.74) is 0. The molecule has 0 fully saturated rings. The van der Waals surface area contributed by atoms with Gasteiger partial charge in [0.2, 0.25) is 0 Å². The predicted molar refractivity (Wildman–Crippen MR) is 129 cm³/mol. The van der Waals surface area contributed by atoms with Crippen LogP contribution in [0, 0.1) is 0 Å². The van der Waals surface area contributed by atoms with Gasteiger partial charge in [-0.3, -0.25) is 0 Å². The minimum Gasteiger partial charge on any atom is -0.391 e. The maximum absolute atomic E-state index is 6.33. The van der Waals surface area contributed by atoms with Crippen LogP contribution < -0.4 is 10.4 Å². The standard InChI is InChI=1S/C24H38O4Si2/c1-5-25-29(26-6-2,23-17-11-9-12-18-23)21-15-16-22-30(27-7-3,28-8-4)24-19-13-10-14-20-24/h9-14,17-20H,5-8,15-16,21-22H2,1-4H3. The van der Waals surface area contributed by atoms with Gasteiger partial charge in [-0.25, -0.2) is 0 Å². The molecule has 6 heteroatoms. The van der Waals surface area contributed by atoms with Gasteiger partial charge < -0.3 is 17.7 Å². The lowest BCUT2D eigenvalue weighted by atomic mass is 10.4. The highest BCUT2D eigenvalue weighted by molar-refractivity contribution is 6.81. The van der Waals surface area contributed by atoms with Gasteiger partial charge in [0.1, 0.15) is 0 Å². The largest absolute Gasteiger partial charge is 0.391 e.